The Labute approximate surface area is 189 Å². The molecule has 1 saturated carbocycles. The number of H-pyrrole nitrogens is 1. The Kier molecular flexibility index (Phi) is 7.38. The summed E-state index contributed by atoms with van der Waals surface area (Å²) in [7, 11) is 0. The van der Waals surface area contributed by atoms with Crippen molar-refractivity contribution in [2.24, 2.45) is 11.8 Å². The number of amides is 2. The lowest BCUT2D eigenvalue weighted by molar-refractivity contribution is -0.127. The van der Waals surface area contributed by atoms with Gasteiger partial charge < -0.3 is 20.4 Å². The minimum atomic E-state index is -0.850. The number of aromatic nitrogens is 1. The first kappa shape index (κ1) is 23.6. The van der Waals surface area contributed by atoms with Crippen LogP contribution < -0.4 is 16.2 Å². The Morgan fingerprint density at radius 2 is 1.69 bits per heavy atom. The van der Waals surface area contributed by atoms with Crippen LogP contribution in [0.2, 0.25) is 0 Å². The minimum absolute atomic E-state index is 0.00719. The van der Waals surface area contributed by atoms with E-state index in [9.17, 15) is 14.4 Å². The van der Waals surface area contributed by atoms with E-state index in [1.807, 2.05) is 39.0 Å². The van der Waals surface area contributed by atoms with Gasteiger partial charge in [0, 0.05) is 29.4 Å². The van der Waals surface area contributed by atoms with Gasteiger partial charge in [-0.2, -0.15) is 0 Å². The lowest BCUT2D eigenvalue weighted by Gasteiger charge is -2.32. The van der Waals surface area contributed by atoms with Gasteiger partial charge >= 0.3 is 6.09 Å². The van der Waals surface area contributed by atoms with Crippen LogP contribution in [0.15, 0.2) is 47.4 Å². The highest BCUT2D eigenvalue weighted by Gasteiger charge is 2.35. The van der Waals surface area contributed by atoms with Crippen LogP contribution in [0.25, 0.3) is 11.1 Å². The van der Waals surface area contributed by atoms with Crippen LogP contribution in [-0.4, -0.2) is 28.6 Å². The van der Waals surface area contributed by atoms with Crippen LogP contribution in [-0.2, 0) is 9.53 Å². The summed E-state index contributed by atoms with van der Waals surface area (Å²) in [6, 6.07) is 10.6. The third-order valence-corrected chi connectivity index (χ3v) is 5.72. The van der Waals surface area contributed by atoms with Gasteiger partial charge in [-0.3, -0.25) is 9.59 Å². The summed E-state index contributed by atoms with van der Waals surface area (Å²) in [6.45, 7) is 7.82. The number of ether oxygens (including phenoxy) is 1. The molecule has 0 radical (unpaired) electrons. The van der Waals surface area contributed by atoms with Crippen molar-refractivity contribution in [1.29, 1.82) is 0 Å². The predicted octanol–water partition coefficient (Wildman–Crippen LogP) is 4.70. The van der Waals surface area contributed by atoms with Gasteiger partial charge in [-0.1, -0.05) is 31.9 Å². The van der Waals surface area contributed by atoms with Gasteiger partial charge in [-0.25, -0.2) is 4.79 Å². The van der Waals surface area contributed by atoms with E-state index in [-0.39, 0.29) is 17.4 Å². The second-order valence-corrected chi connectivity index (χ2v) is 9.73. The number of alkyl carbamates (subject to hydrolysis) is 1. The lowest BCUT2D eigenvalue weighted by atomic mass is 9.80. The number of anilines is 1. The van der Waals surface area contributed by atoms with Crippen LogP contribution in [0, 0.1) is 11.8 Å². The Balaban J connectivity index is 1.72. The first-order valence-electron chi connectivity index (χ1n) is 11.2. The fourth-order valence-corrected chi connectivity index (χ4v) is 3.99. The Morgan fingerprint density at radius 1 is 1.03 bits per heavy atom. The standard InChI is InChI=1S/C25H33N3O4/c1-16-5-7-18(8-6-16)22(32-24(31)28-25(2,3)4)23(30)27-20-11-9-17(10-12-20)19-13-14-26-21(29)15-19/h9-16,18,22H,5-8H2,1-4H3,(H,26,29)(H,27,30)(H,28,31)/t16?,18?,22-/m0/s1. The number of carbonyl (C=O) groups excluding carboxylic acids is 2. The fraction of sp³-hybridized carbons (Fsp3) is 0.480. The van der Waals surface area contributed by atoms with E-state index in [0.717, 1.165) is 36.8 Å². The third kappa shape index (κ3) is 6.70. The second kappa shape index (κ2) is 10.0. The molecule has 0 bridgehead atoms. The molecule has 0 aliphatic heterocycles. The molecule has 172 valence electrons. The smallest absolute Gasteiger partial charge is 0.408 e. The molecule has 1 aliphatic rings. The molecular formula is C25H33N3O4. The van der Waals surface area contributed by atoms with E-state index in [2.05, 4.69) is 22.5 Å². The molecule has 1 aromatic heterocycles. The Bertz CT molecular complexity index is 983. The summed E-state index contributed by atoms with van der Waals surface area (Å²) in [5.41, 5.74) is 1.65. The molecule has 1 heterocycles. The molecule has 3 rings (SSSR count). The number of hydrogen-bond acceptors (Lipinski definition) is 4. The van der Waals surface area contributed by atoms with E-state index in [0.29, 0.717) is 11.6 Å². The average molecular weight is 440 g/mol. The van der Waals surface area contributed by atoms with Crippen molar-refractivity contribution in [3.8, 4) is 11.1 Å². The molecule has 7 nitrogen and oxygen atoms in total. The van der Waals surface area contributed by atoms with E-state index >= 15 is 0 Å². The SMILES string of the molecule is CC1CCC([C@H](OC(=O)NC(C)(C)C)C(=O)Nc2ccc(-c3cc[nH]c(=O)c3)cc2)CC1. The highest BCUT2D eigenvalue weighted by molar-refractivity contribution is 5.95. The zero-order valence-corrected chi connectivity index (χ0v) is 19.2. The minimum Gasteiger partial charge on any atom is -0.436 e. The van der Waals surface area contributed by atoms with E-state index in [4.69, 9.17) is 4.74 Å². The summed E-state index contributed by atoms with van der Waals surface area (Å²) >= 11 is 0. The number of pyridine rings is 1. The Morgan fingerprint density at radius 3 is 2.28 bits per heavy atom. The number of hydrogen-bond donors (Lipinski definition) is 3. The molecule has 1 atom stereocenters. The van der Waals surface area contributed by atoms with Gasteiger partial charge in [0.25, 0.3) is 5.91 Å². The number of benzene rings is 1. The van der Waals surface area contributed by atoms with Crippen molar-refractivity contribution >= 4 is 17.7 Å². The molecule has 1 aliphatic carbocycles. The average Bonchev–Trinajstić information content (AvgIpc) is 2.72. The van der Waals surface area contributed by atoms with Crippen molar-refractivity contribution < 1.29 is 14.3 Å². The normalized spacial score (nSPS) is 19.6. The van der Waals surface area contributed by atoms with Gasteiger partial charge in [-0.05, 0) is 68.9 Å². The molecule has 2 aromatic rings. The monoisotopic (exact) mass is 439 g/mol. The maximum absolute atomic E-state index is 13.1. The van der Waals surface area contributed by atoms with Gasteiger partial charge in [-0.15, -0.1) is 0 Å². The van der Waals surface area contributed by atoms with Crippen LogP contribution in [0.5, 0.6) is 0 Å². The van der Waals surface area contributed by atoms with Crippen LogP contribution in [0.3, 0.4) is 0 Å². The first-order chi connectivity index (χ1) is 15.1. The van der Waals surface area contributed by atoms with Crippen molar-refractivity contribution in [3.63, 3.8) is 0 Å². The van der Waals surface area contributed by atoms with E-state index < -0.39 is 17.7 Å². The fourth-order valence-electron chi connectivity index (χ4n) is 3.99. The highest BCUT2D eigenvalue weighted by atomic mass is 16.6. The Hall–Kier alpha value is -3.09. The zero-order valence-electron chi connectivity index (χ0n) is 19.2. The number of rotatable bonds is 5. The number of carbonyl (C=O) groups is 2. The largest absolute Gasteiger partial charge is 0.436 e. The van der Waals surface area contributed by atoms with Crippen LogP contribution in [0.1, 0.15) is 53.4 Å². The summed E-state index contributed by atoms with van der Waals surface area (Å²) in [6.07, 6.45) is 3.90. The van der Waals surface area contributed by atoms with E-state index in [1.165, 1.54) is 6.07 Å². The summed E-state index contributed by atoms with van der Waals surface area (Å²) in [5, 5.41) is 5.67. The molecule has 7 heteroatoms. The maximum atomic E-state index is 13.1. The highest BCUT2D eigenvalue weighted by Crippen LogP contribution is 2.32. The van der Waals surface area contributed by atoms with Crippen molar-refractivity contribution in [3.05, 3.63) is 52.9 Å². The molecule has 1 fully saturated rings. The molecule has 0 saturated heterocycles. The number of nitrogens with one attached hydrogen (secondary N) is 3. The van der Waals surface area contributed by atoms with Crippen molar-refractivity contribution in [2.75, 3.05) is 5.32 Å². The quantitative estimate of drug-likeness (QED) is 0.629. The molecule has 2 amide bonds. The second-order valence-electron chi connectivity index (χ2n) is 9.73. The lowest BCUT2D eigenvalue weighted by Crippen LogP contribution is -2.46. The maximum Gasteiger partial charge on any atom is 0.408 e. The van der Waals surface area contributed by atoms with E-state index in [1.54, 1.807) is 18.3 Å². The molecule has 3 N–H and O–H groups in total. The topological polar surface area (TPSA) is 100 Å². The summed E-state index contributed by atoms with van der Waals surface area (Å²) < 4.78 is 5.64. The summed E-state index contributed by atoms with van der Waals surface area (Å²) in [4.78, 5) is 39.7. The molecule has 1 aromatic carbocycles. The van der Waals surface area contributed by atoms with Crippen LogP contribution in [0.4, 0.5) is 10.5 Å². The molecule has 0 unspecified atom stereocenters. The van der Waals surface area contributed by atoms with Gasteiger partial charge in [0.15, 0.2) is 6.10 Å². The zero-order chi connectivity index (χ0) is 23.3. The van der Waals surface area contributed by atoms with Gasteiger partial charge in [0.2, 0.25) is 5.56 Å². The van der Waals surface area contributed by atoms with Crippen molar-refractivity contribution in [2.45, 2.75) is 65.0 Å². The molecule has 0 spiro atoms. The molecular weight excluding hydrogens is 406 g/mol. The molecule has 32 heavy (non-hydrogen) atoms. The predicted molar refractivity (Wildman–Crippen MR) is 125 cm³/mol. The third-order valence-electron chi connectivity index (χ3n) is 5.72. The van der Waals surface area contributed by atoms with Crippen LogP contribution >= 0.6 is 0 Å². The van der Waals surface area contributed by atoms with Crippen molar-refractivity contribution in [1.82, 2.24) is 10.3 Å². The number of aromatic amines is 1. The first-order valence-corrected chi connectivity index (χ1v) is 11.2. The summed E-state index contributed by atoms with van der Waals surface area (Å²) in [5.74, 6) is 0.292. The van der Waals surface area contributed by atoms with Gasteiger partial charge in [0.05, 0.1) is 0 Å². The van der Waals surface area contributed by atoms with Gasteiger partial charge in [0.1, 0.15) is 0 Å².